The summed E-state index contributed by atoms with van der Waals surface area (Å²) in [5.41, 5.74) is 4.07. The summed E-state index contributed by atoms with van der Waals surface area (Å²) in [6, 6.07) is 6.93. The lowest BCUT2D eigenvalue weighted by Gasteiger charge is -2.32. The Bertz CT molecular complexity index is 478. The van der Waals surface area contributed by atoms with Crippen molar-refractivity contribution in [3.63, 3.8) is 0 Å². The Morgan fingerprint density at radius 1 is 1.17 bits per heavy atom. The molecule has 0 aromatic heterocycles. The van der Waals surface area contributed by atoms with Crippen LogP contribution in [-0.2, 0) is 19.3 Å². The second-order valence-corrected chi connectivity index (χ2v) is 6.73. The molecule has 1 nitrogen and oxygen atoms in total. The van der Waals surface area contributed by atoms with Crippen LogP contribution in [0, 0.1) is 11.8 Å². The van der Waals surface area contributed by atoms with Gasteiger partial charge in [-0.15, -0.1) is 0 Å². The predicted octanol–water partition coefficient (Wildman–Crippen LogP) is 3.27. The average molecular weight is 242 g/mol. The van der Waals surface area contributed by atoms with E-state index in [-0.39, 0.29) is 5.60 Å². The molecule has 96 valence electrons. The molecule has 0 aliphatic heterocycles. The van der Waals surface area contributed by atoms with Gasteiger partial charge >= 0.3 is 0 Å². The van der Waals surface area contributed by atoms with E-state index in [9.17, 15) is 5.11 Å². The van der Waals surface area contributed by atoms with Crippen LogP contribution >= 0.6 is 0 Å². The molecule has 1 aromatic carbocycles. The molecule has 1 aromatic rings. The fourth-order valence-electron chi connectivity index (χ4n) is 4.39. The van der Waals surface area contributed by atoms with Crippen LogP contribution in [0.4, 0.5) is 0 Å². The van der Waals surface area contributed by atoms with Crippen molar-refractivity contribution in [3.8, 4) is 0 Å². The summed E-state index contributed by atoms with van der Waals surface area (Å²) < 4.78 is 0. The van der Waals surface area contributed by atoms with Crippen LogP contribution in [-0.4, -0.2) is 10.7 Å². The maximum atomic E-state index is 10.9. The van der Waals surface area contributed by atoms with Gasteiger partial charge in [0.2, 0.25) is 0 Å². The second kappa shape index (κ2) is 3.84. The van der Waals surface area contributed by atoms with Crippen molar-refractivity contribution < 1.29 is 5.11 Å². The van der Waals surface area contributed by atoms with Gasteiger partial charge in [0.15, 0.2) is 0 Å². The second-order valence-electron chi connectivity index (χ2n) is 6.73. The highest BCUT2D eigenvalue weighted by atomic mass is 16.3. The van der Waals surface area contributed by atoms with E-state index in [1.165, 1.54) is 44.1 Å². The molecule has 0 bridgehead atoms. The lowest BCUT2D eigenvalue weighted by molar-refractivity contribution is -0.0104. The average Bonchev–Trinajstić information content (AvgIpc) is 3.01. The first kappa shape index (κ1) is 11.0. The Hall–Kier alpha value is -0.820. The van der Waals surface area contributed by atoms with Crippen molar-refractivity contribution in [3.05, 3.63) is 34.9 Å². The van der Waals surface area contributed by atoms with Crippen molar-refractivity contribution in [2.24, 2.45) is 11.8 Å². The maximum Gasteiger partial charge on any atom is 0.0718 e. The number of hydrogen-bond donors (Lipinski definition) is 1. The highest BCUT2D eigenvalue weighted by Gasteiger charge is 2.53. The van der Waals surface area contributed by atoms with Crippen LogP contribution in [0.1, 0.15) is 48.8 Å². The molecule has 18 heavy (non-hydrogen) atoms. The topological polar surface area (TPSA) is 20.2 Å². The number of fused-ring (bicyclic) bond motifs is 2. The third-order valence-corrected chi connectivity index (χ3v) is 5.47. The Balaban J connectivity index is 1.57. The van der Waals surface area contributed by atoms with Gasteiger partial charge in [-0.1, -0.05) is 24.6 Å². The zero-order valence-electron chi connectivity index (χ0n) is 11.0. The smallest absolute Gasteiger partial charge is 0.0718 e. The summed E-state index contributed by atoms with van der Waals surface area (Å²) in [5, 5.41) is 10.9. The zero-order chi connectivity index (χ0) is 12.2. The standard InChI is InChI=1S/C17H22O/c18-17(8-2-5-15-10-16(15)17)11-12-6-7-13-3-1-4-14(13)9-12/h6-7,9,15-16,18H,1-5,8,10-11H2. The van der Waals surface area contributed by atoms with E-state index >= 15 is 0 Å². The summed E-state index contributed by atoms with van der Waals surface area (Å²) in [5.74, 6) is 1.46. The molecule has 0 spiro atoms. The quantitative estimate of drug-likeness (QED) is 0.844. The Labute approximate surface area is 109 Å². The van der Waals surface area contributed by atoms with Crippen LogP contribution in [0.3, 0.4) is 0 Å². The summed E-state index contributed by atoms with van der Waals surface area (Å²) in [6.07, 6.45) is 9.58. The molecule has 1 heteroatoms. The fourth-order valence-corrected chi connectivity index (χ4v) is 4.39. The summed E-state index contributed by atoms with van der Waals surface area (Å²) >= 11 is 0. The molecule has 0 heterocycles. The lowest BCUT2D eigenvalue weighted by Crippen LogP contribution is -2.37. The maximum absolute atomic E-state index is 10.9. The van der Waals surface area contributed by atoms with E-state index in [4.69, 9.17) is 0 Å². The van der Waals surface area contributed by atoms with Crippen molar-refractivity contribution in [1.82, 2.24) is 0 Å². The highest BCUT2D eigenvalue weighted by Crippen LogP contribution is 2.55. The van der Waals surface area contributed by atoms with Gasteiger partial charge in [-0.25, -0.2) is 0 Å². The Kier molecular flexibility index (Phi) is 2.35. The molecular weight excluding hydrogens is 220 g/mol. The normalized spacial score (nSPS) is 37.2. The monoisotopic (exact) mass is 242 g/mol. The lowest BCUT2D eigenvalue weighted by atomic mass is 9.80. The van der Waals surface area contributed by atoms with Crippen LogP contribution in [0.15, 0.2) is 18.2 Å². The largest absolute Gasteiger partial charge is 0.389 e. The predicted molar refractivity (Wildman–Crippen MR) is 72.6 cm³/mol. The minimum atomic E-state index is -0.379. The van der Waals surface area contributed by atoms with E-state index in [2.05, 4.69) is 18.2 Å². The molecule has 0 saturated heterocycles. The van der Waals surface area contributed by atoms with Gasteiger partial charge in [-0.05, 0) is 67.1 Å². The van der Waals surface area contributed by atoms with Gasteiger partial charge < -0.3 is 5.11 Å². The van der Waals surface area contributed by atoms with Crippen molar-refractivity contribution >= 4 is 0 Å². The van der Waals surface area contributed by atoms with E-state index < -0.39 is 0 Å². The Morgan fingerprint density at radius 2 is 2.06 bits per heavy atom. The number of rotatable bonds is 2. The van der Waals surface area contributed by atoms with Gasteiger partial charge in [0.25, 0.3) is 0 Å². The Morgan fingerprint density at radius 3 is 3.00 bits per heavy atom. The van der Waals surface area contributed by atoms with Crippen LogP contribution in [0.5, 0.6) is 0 Å². The number of aryl methyl sites for hydroxylation is 2. The van der Waals surface area contributed by atoms with Crippen molar-refractivity contribution in [2.45, 2.75) is 57.0 Å². The molecule has 3 unspecified atom stereocenters. The first-order valence-corrected chi connectivity index (χ1v) is 7.58. The fraction of sp³-hybridized carbons (Fsp3) is 0.647. The van der Waals surface area contributed by atoms with Crippen molar-refractivity contribution in [1.29, 1.82) is 0 Å². The van der Waals surface area contributed by atoms with E-state index in [1.807, 2.05) is 0 Å². The van der Waals surface area contributed by atoms with E-state index in [0.29, 0.717) is 5.92 Å². The van der Waals surface area contributed by atoms with Crippen LogP contribution < -0.4 is 0 Å². The summed E-state index contributed by atoms with van der Waals surface area (Å²) in [6.45, 7) is 0. The first-order valence-electron chi connectivity index (χ1n) is 7.58. The molecule has 1 N–H and O–H groups in total. The number of benzene rings is 1. The van der Waals surface area contributed by atoms with Gasteiger partial charge in [-0.3, -0.25) is 0 Å². The summed E-state index contributed by atoms with van der Waals surface area (Å²) in [4.78, 5) is 0. The first-order chi connectivity index (χ1) is 8.74. The van der Waals surface area contributed by atoms with E-state index in [1.54, 1.807) is 11.1 Å². The molecule has 0 radical (unpaired) electrons. The van der Waals surface area contributed by atoms with Crippen LogP contribution in [0.25, 0.3) is 0 Å². The zero-order valence-corrected chi connectivity index (χ0v) is 11.0. The molecule has 3 aliphatic rings. The van der Waals surface area contributed by atoms with Crippen molar-refractivity contribution in [2.75, 3.05) is 0 Å². The van der Waals surface area contributed by atoms with Gasteiger partial charge in [0.05, 0.1) is 5.60 Å². The van der Waals surface area contributed by atoms with Gasteiger partial charge in [0.1, 0.15) is 0 Å². The molecule has 3 aliphatic carbocycles. The van der Waals surface area contributed by atoms with E-state index in [0.717, 1.165) is 18.8 Å². The minimum Gasteiger partial charge on any atom is -0.389 e. The minimum absolute atomic E-state index is 0.379. The SMILES string of the molecule is OC1(Cc2ccc3c(c2)CCC3)CCCC2CC21. The van der Waals surface area contributed by atoms with Crippen LogP contribution in [0.2, 0.25) is 0 Å². The summed E-state index contributed by atoms with van der Waals surface area (Å²) in [7, 11) is 0. The van der Waals surface area contributed by atoms with Gasteiger partial charge in [-0.2, -0.15) is 0 Å². The molecule has 0 amide bonds. The molecule has 2 fully saturated rings. The third kappa shape index (κ3) is 1.72. The molecule has 4 rings (SSSR count). The molecule has 3 atom stereocenters. The van der Waals surface area contributed by atoms with Gasteiger partial charge in [0, 0.05) is 6.42 Å². The highest BCUT2D eigenvalue weighted by molar-refractivity contribution is 5.36. The number of hydrogen-bond acceptors (Lipinski definition) is 1. The third-order valence-electron chi connectivity index (χ3n) is 5.47. The molecular formula is C17H22O. The molecule has 2 saturated carbocycles. The number of aliphatic hydroxyl groups is 1.